The molecule has 1 saturated heterocycles. The van der Waals surface area contributed by atoms with Gasteiger partial charge in [-0.15, -0.1) is 0 Å². The van der Waals surface area contributed by atoms with Gasteiger partial charge in [-0.2, -0.15) is 0 Å². The number of aryl methyl sites for hydroxylation is 3. The largest absolute Gasteiger partial charge is 0.484 e. The molecular weight excluding hydrogens is 511 g/mol. The lowest BCUT2D eigenvalue weighted by Crippen LogP contribution is -2.42. The topological polar surface area (TPSA) is 77.1 Å². The van der Waals surface area contributed by atoms with Gasteiger partial charge in [0.25, 0.3) is 5.91 Å². The van der Waals surface area contributed by atoms with Crippen molar-refractivity contribution in [2.24, 2.45) is 0 Å². The van der Waals surface area contributed by atoms with Crippen molar-refractivity contribution in [3.63, 3.8) is 0 Å². The van der Waals surface area contributed by atoms with Gasteiger partial charge in [-0.25, -0.2) is 4.39 Å². The molecule has 1 aliphatic heterocycles. The smallest absolute Gasteiger partial charge is 0.306 e. The van der Waals surface area contributed by atoms with Crippen molar-refractivity contribution < 1.29 is 28.2 Å². The normalized spacial score (nSPS) is 13.2. The van der Waals surface area contributed by atoms with Crippen molar-refractivity contribution in [1.29, 1.82) is 0 Å². The number of carbonyl (C=O) groups is 2. The number of amides is 1. The summed E-state index contributed by atoms with van der Waals surface area (Å²) in [5.41, 5.74) is 6.52. The zero-order chi connectivity index (χ0) is 28.5. The predicted octanol–water partition coefficient (Wildman–Crippen LogP) is 5.45. The van der Waals surface area contributed by atoms with Gasteiger partial charge in [0.2, 0.25) is 0 Å². The Morgan fingerprint density at radius 1 is 1.02 bits per heavy atom. The molecule has 1 heterocycles. The average molecular weight is 549 g/mol. The molecule has 1 aliphatic rings. The van der Waals surface area contributed by atoms with Crippen LogP contribution in [0.4, 0.5) is 10.1 Å². The third kappa shape index (κ3) is 7.82. The van der Waals surface area contributed by atoms with Crippen molar-refractivity contribution >= 4 is 17.6 Å². The first-order valence-corrected chi connectivity index (χ1v) is 13.7. The highest BCUT2D eigenvalue weighted by Crippen LogP contribution is 2.32. The number of hydrogen-bond acceptors (Lipinski definition) is 6. The second-order valence-electron chi connectivity index (χ2n) is 9.88. The number of carbonyl (C=O) groups excluding carboxylic acids is 2. The lowest BCUT2D eigenvalue weighted by molar-refractivity contribution is -0.143. The molecule has 0 saturated carbocycles. The van der Waals surface area contributed by atoms with Crippen LogP contribution in [0.3, 0.4) is 0 Å². The van der Waals surface area contributed by atoms with Crippen molar-refractivity contribution in [1.82, 2.24) is 4.90 Å². The van der Waals surface area contributed by atoms with Crippen LogP contribution in [-0.2, 0) is 32.0 Å². The van der Waals surface area contributed by atoms with Crippen molar-refractivity contribution in [2.75, 3.05) is 44.8 Å². The van der Waals surface area contributed by atoms with Crippen LogP contribution in [0.5, 0.6) is 5.75 Å². The van der Waals surface area contributed by atoms with Gasteiger partial charge >= 0.3 is 5.97 Å². The molecule has 1 fully saturated rings. The van der Waals surface area contributed by atoms with E-state index in [1.165, 1.54) is 6.07 Å². The van der Waals surface area contributed by atoms with E-state index in [0.29, 0.717) is 62.9 Å². The van der Waals surface area contributed by atoms with Crippen molar-refractivity contribution in [3.8, 4) is 16.9 Å². The Kier molecular flexibility index (Phi) is 10.1. The molecule has 40 heavy (non-hydrogen) atoms. The number of rotatable bonds is 11. The third-order valence-electron chi connectivity index (χ3n) is 6.90. The van der Waals surface area contributed by atoms with Crippen molar-refractivity contribution in [3.05, 3.63) is 82.7 Å². The zero-order valence-electron chi connectivity index (χ0n) is 23.4. The Balaban J connectivity index is 1.37. The molecule has 0 unspecified atom stereocenters. The SMILES string of the molecule is CCOC(=O)CCc1ccc(NCc2cccc(-c3c(C)cc(OCC(=O)N4CCOCC4)cc3C)c2)cc1F. The first-order valence-electron chi connectivity index (χ1n) is 13.7. The maximum atomic E-state index is 14.6. The Labute approximate surface area is 235 Å². The van der Waals surface area contributed by atoms with Crippen LogP contribution >= 0.6 is 0 Å². The van der Waals surface area contributed by atoms with Crippen molar-refractivity contribution in [2.45, 2.75) is 40.2 Å². The molecule has 4 rings (SSSR count). The minimum absolute atomic E-state index is 0.00630. The zero-order valence-corrected chi connectivity index (χ0v) is 23.4. The molecule has 0 radical (unpaired) electrons. The molecule has 0 bridgehead atoms. The monoisotopic (exact) mass is 548 g/mol. The van der Waals surface area contributed by atoms with Gasteiger partial charge in [0.15, 0.2) is 6.61 Å². The summed E-state index contributed by atoms with van der Waals surface area (Å²) in [6.07, 6.45) is 0.461. The van der Waals surface area contributed by atoms with Gasteiger partial charge in [0.05, 0.1) is 19.8 Å². The Hall–Kier alpha value is -3.91. The fourth-order valence-corrected chi connectivity index (χ4v) is 4.88. The van der Waals surface area contributed by atoms with E-state index < -0.39 is 0 Å². The van der Waals surface area contributed by atoms with Gasteiger partial charge in [0, 0.05) is 31.7 Å². The van der Waals surface area contributed by atoms with Gasteiger partial charge in [-0.3, -0.25) is 9.59 Å². The van der Waals surface area contributed by atoms with Crippen LogP contribution in [-0.4, -0.2) is 56.3 Å². The second-order valence-corrected chi connectivity index (χ2v) is 9.88. The first-order chi connectivity index (χ1) is 19.3. The number of hydrogen-bond donors (Lipinski definition) is 1. The number of nitrogens with zero attached hydrogens (tertiary/aromatic N) is 1. The molecule has 0 atom stereocenters. The summed E-state index contributed by atoms with van der Waals surface area (Å²) in [5.74, 6) is -0.0289. The minimum atomic E-state index is -0.344. The first kappa shape index (κ1) is 29.1. The standard InChI is InChI=1S/C32H37FN2O5/c1-4-39-31(37)11-9-25-8-10-27(19-29(25)33)34-20-24-6-5-7-26(18-24)32-22(2)16-28(17-23(32)3)40-21-30(36)35-12-14-38-15-13-35/h5-8,10,16-19,34H,4,9,11-15,20-21H2,1-3H3. The van der Waals surface area contributed by atoms with E-state index in [0.717, 1.165) is 27.8 Å². The number of anilines is 1. The Morgan fingerprint density at radius 2 is 1.77 bits per heavy atom. The summed E-state index contributed by atoms with van der Waals surface area (Å²) in [4.78, 5) is 25.8. The quantitative estimate of drug-likeness (QED) is 0.321. The van der Waals surface area contributed by atoms with Crippen LogP contribution in [0.25, 0.3) is 11.1 Å². The molecule has 0 spiro atoms. The van der Waals surface area contributed by atoms with Crippen LogP contribution in [0.1, 0.15) is 35.6 Å². The van der Waals surface area contributed by atoms with Gasteiger partial charge < -0.3 is 24.4 Å². The fraction of sp³-hybridized carbons (Fsp3) is 0.375. The second kappa shape index (κ2) is 13.9. The molecular formula is C32H37FN2O5. The Bertz CT molecular complexity index is 1310. The summed E-state index contributed by atoms with van der Waals surface area (Å²) < 4.78 is 30.7. The van der Waals surface area contributed by atoms with Crippen LogP contribution < -0.4 is 10.1 Å². The van der Waals surface area contributed by atoms with E-state index >= 15 is 0 Å². The highest BCUT2D eigenvalue weighted by molar-refractivity contribution is 5.78. The van der Waals surface area contributed by atoms with E-state index in [9.17, 15) is 14.0 Å². The summed E-state index contributed by atoms with van der Waals surface area (Å²) in [6.45, 7) is 9.01. The average Bonchev–Trinajstić information content (AvgIpc) is 2.95. The fourth-order valence-electron chi connectivity index (χ4n) is 4.88. The van der Waals surface area contributed by atoms with E-state index in [4.69, 9.17) is 14.2 Å². The highest BCUT2D eigenvalue weighted by atomic mass is 19.1. The lowest BCUT2D eigenvalue weighted by Gasteiger charge is -2.26. The highest BCUT2D eigenvalue weighted by Gasteiger charge is 2.18. The van der Waals surface area contributed by atoms with Gasteiger partial charge in [0.1, 0.15) is 11.6 Å². The molecule has 1 amide bonds. The number of ether oxygens (including phenoxy) is 3. The van der Waals surface area contributed by atoms with Crippen LogP contribution in [0.15, 0.2) is 54.6 Å². The summed E-state index contributed by atoms with van der Waals surface area (Å²) in [6, 6.07) is 17.1. The van der Waals surface area contributed by atoms with Gasteiger partial charge in [-0.05, 0) is 90.9 Å². The molecule has 0 aliphatic carbocycles. The predicted molar refractivity (Wildman–Crippen MR) is 153 cm³/mol. The number of morpholine rings is 1. The number of halogens is 1. The molecule has 0 aromatic heterocycles. The molecule has 3 aromatic rings. The maximum Gasteiger partial charge on any atom is 0.306 e. The van der Waals surface area contributed by atoms with E-state index in [1.807, 2.05) is 44.2 Å². The molecule has 1 N–H and O–H groups in total. The number of esters is 1. The third-order valence-corrected chi connectivity index (χ3v) is 6.90. The van der Waals surface area contributed by atoms with E-state index in [2.05, 4.69) is 17.4 Å². The summed E-state index contributed by atoms with van der Waals surface area (Å²) in [5, 5.41) is 3.29. The van der Waals surface area contributed by atoms with E-state index in [1.54, 1.807) is 17.9 Å². The summed E-state index contributed by atoms with van der Waals surface area (Å²) >= 11 is 0. The lowest BCUT2D eigenvalue weighted by atomic mass is 9.94. The molecule has 7 nitrogen and oxygen atoms in total. The summed E-state index contributed by atoms with van der Waals surface area (Å²) in [7, 11) is 0. The van der Waals surface area contributed by atoms with Gasteiger partial charge in [-0.1, -0.05) is 24.3 Å². The van der Waals surface area contributed by atoms with Crippen LogP contribution in [0.2, 0.25) is 0 Å². The number of benzene rings is 3. The minimum Gasteiger partial charge on any atom is -0.484 e. The molecule has 3 aromatic carbocycles. The Morgan fingerprint density at radius 3 is 2.48 bits per heavy atom. The van der Waals surface area contributed by atoms with E-state index in [-0.39, 0.29) is 30.7 Å². The number of nitrogens with one attached hydrogen (secondary N) is 1. The molecule has 8 heteroatoms. The van der Waals surface area contributed by atoms with Crippen LogP contribution in [0, 0.1) is 19.7 Å². The molecule has 212 valence electrons. The maximum absolute atomic E-state index is 14.6.